The Labute approximate surface area is 195 Å². The number of halogens is 1. The fourth-order valence-corrected chi connectivity index (χ4v) is 4.47. The molecular formula is C25H24FN7O. The molecule has 34 heavy (non-hydrogen) atoms. The van der Waals surface area contributed by atoms with Gasteiger partial charge >= 0.3 is 0 Å². The minimum atomic E-state index is -0.651. The van der Waals surface area contributed by atoms with Gasteiger partial charge in [-0.15, -0.1) is 0 Å². The largest absolute Gasteiger partial charge is 0.356 e. The maximum absolute atomic E-state index is 14.6. The summed E-state index contributed by atoms with van der Waals surface area (Å²) in [4.78, 5) is 23.9. The van der Waals surface area contributed by atoms with Crippen molar-refractivity contribution in [1.29, 1.82) is 0 Å². The minimum absolute atomic E-state index is 0.0771. The highest BCUT2D eigenvalue weighted by Gasteiger charge is 2.24. The summed E-state index contributed by atoms with van der Waals surface area (Å²) in [5.41, 5.74) is 8.24. The van der Waals surface area contributed by atoms with Crippen LogP contribution < -0.4 is 16.2 Å². The zero-order chi connectivity index (χ0) is 24.0. The Hall–Kier alpha value is -4.03. The number of hydrogen-bond donors (Lipinski definition) is 1. The lowest BCUT2D eigenvalue weighted by atomic mass is 10.1. The maximum Gasteiger partial charge on any atom is 0.263 e. The van der Waals surface area contributed by atoms with Crippen LogP contribution in [-0.2, 0) is 7.05 Å². The number of benzene rings is 2. The highest BCUT2D eigenvalue weighted by molar-refractivity contribution is 5.81. The molecule has 4 aromatic rings. The normalized spacial score (nSPS) is 14.5. The van der Waals surface area contributed by atoms with E-state index in [9.17, 15) is 9.18 Å². The van der Waals surface area contributed by atoms with Gasteiger partial charge in [-0.05, 0) is 44.0 Å². The highest BCUT2D eigenvalue weighted by atomic mass is 19.1. The van der Waals surface area contributed by atoms with Crippen LogP contribution in [0.2, 0.25) is 0 Å². The van der Waals surface area contributed by atoms with Crippen LogP contribution in [0.25, 0.3) is 32.8 Å². The Kier molecular flexibility index (Phi) is 5.38. The number of rotatable bonds is 3. The standard InChI is InChI=1S/C25H24FN7O/c1-15-23(32-10-8-18(27)9-11-32)30-24(16-4-6-21(28-2)20(26)13-16)33(25(15)34)19-5-7-22-17(12-19)14-29-31(22)3/h4-7,12-14,18H,8-11,27H2,1,3H3. The lowest BCUT2D eigenvalue weighted by Gasteiger charge is -2.32. The first-order valence-electron chi connectivity index (χ1n) is 11.1. The van der Waals surface area contributed by atoms with Gasteiger partial charge in [0.1, 0.15) is 17.5 Å². The SMILES string of the molecule is [C-]#[N+]c1ccc(-c2nc(N3CCC(N)CC3)c(C)c(=O)n2-c2ccc3c(cnn3C)c2)cc1F. The van der Waals surface area contributed by atoms with E-state index in [0.29, 0.717) is 41.5 Å². The van der Waals surface area contributed by atoms with Crippen molar-refractivity contribution in [1.82, 2.24) is 19.3 Å². The van der Waals surface area contributed by atoms with Crippen molar-refractivity contribution in [3.63, 3.8) is 0 Å². The summed E-state index contributed by atoms with van der Waals surface area (Å²) in [7, 11) is 1.85. The summed E-state index contributed by atoms with van der Waals surface area (Å²) in [6.07, 6.45) is 3.36. The van der Waals surface area contributed by atoms with E-state index in [1.807, 2.05) is 25.2 Å². The predicted octanol–water partition coefficient (Wildman–Crippen LogP) is 3.71. The topological polar surface area (TPSA) is 86.3 Å². The fourth-order valence-electron chi connectivity index (χ4n) is 4.47. The molecule has 1 aliphatic heterocycles. The average Bonchev–Trinajstić information content (AvgIpc) is 3.21. The number of hydrogen-bond acceptors (Lipinski definition) is 5. The molecule has 2 aromatic heterocycles. The molecule has 0 bridgehead atoms. The van der Waals surface area contributed by atoms with Gasteiger partial charge in [-0.1, -0.05) is 12.1 Å². The molecule has 2 N–H and O–H groups in total. The quantitative estimate of drug-likeness (QED) is 0.474. The molecule has 3 heterocycles. The van der Waals surface area contributed by atoms with E-state index < -0.39 is 5.82 Å². The molecule has 0 amide bonds. The second kappa shape index (κ2) is 8.39. The van der Waals surface area contributed by atoms with Crippen LogP contribution in [0.4, 0.5) is 15.9 Å². The first-order valence-corrected chi connectivity index (χ1v) is 11.1. The van der Waals surface area contributed by atoms with E-state index in [1.54, 1.807) is 23.9 Å². The molecule has 0 spiro atoms. The van der Waals surface area contributed by atoms with Gasteiger partial charge in [0.2, 0.25) is 5.69 Å². The summed E-state index contributed by atoms with van der Waals surface area (Å²) < 4.78 is 17.9. The summed E-state index contributed by atoms with van der Waals surface area (Å²) >= 11 is 0. The van der Waals surface area contributed by atoms with Gasteiger partial charge < -0.3 is 10.6 Å². The Morgan fingerprint density at radius 1 is 1.18 bits per heavy atom. The van der Waals surface area contributed by atoms with Crippen LogP contribution in [0, 0.1) is 19.3 Å². The molecule has 0 atom stereocenters. The molecule has 0 saturated carbocycles. The van der Waals surface area contributed by atoms with E-state index >= 15 is 0 Å². The van der Waals surface area contributed by atoms with Gasteiger partial charge in [0, 0.05) is 37.1 Å². The molecule has 1 fully saturated rings. The van der Waals surface area contributed by atoms with E-state index in [4.69, 9.17) is 17.3 Å². The zero-order valence-corrected chi connectivity index (χ0v) is 19.0. The van der Waals surface area contributed by atoms with Crippen molar-refractivity contribution < 1.29 is 4.39 Å². The Morgan fingerprint density at radius 2 is 1.94 bits per heavy atom. The number of anilines is 1. The summed E-state index contributed by atoms with van der Waals surface area (Å²) in [6.45, 7) is 10.3. The van der Waals surface area contributed by atoms with Gasteiger partial charge in [0.15, 0.2) is 0 Å². The third-order valence-electron chi connectivity index (χ3n) is 6.44. The van der Waals surface area contributed by atoms with Crippen molar-refractivity contribution in [2.45, 2.75) is 25.8 Å². The Morgan fingerprint density at radius 3 is 2.65 bits per heavy atom. The Balaban J connectivity index is 1.75. The van der Waals surface area contributed by atoms with E-state index in [1.165, 1.54) is 16.7 Å². The molecule has 0 aliphatic carbocycles. The number of aryl methyl sites for hydroxylation is 1. The monoisotopic (exact) mass is 457 g/mol. The van der Waals surface area contributed by atoms with Crippen molar-refractivity contribution in [2.24, 2.45) is 12.8 Å². The third-order valence-corrected chi connectivity index (χ3v) is 6.44. The van der Waals surface area contributed by atoms with Crippen molar-refractivity contribution in [2.75, 3.05) is 18.0 Å². The predicted molar refractivity (Wildman–Crippen MR) is 130 cm³/mol. The first kappa shape index (κ1) is 21.8. The van der Waals surface area contributed by atoms with Gasteiger partial charge in [-0.3, -0.25) is 14.0 Å². The molecule has 5 rings (SSSR count). The van der Waals surface area contributed by atoms with Gasteiger partial charge in [-0.2, -0.15) is 5.10 Å². The van der Waals surface area contributed by atoms with Gasteiger partial charge in [0.05, 0.1) is 29.5 Å². The van der Waals surface area contributed by atoms with Crippen molar-refractivity contribution >= 4 is 22.4 Å². The third kappa shape index (κ3) is 3.62. The summed E-state index contributed by atoms with van der Waals surface area (Å²) in [6, 6.07) is 10.0. The van der Waals surface area contributed by atoms with Crippen LogP contribution in [0.1, 0.15) is 18.4 Å². The Bertz CT molecular complexity index is 1510. The van der Waals surface area contributed by atoms with E-state index in [2.05, 4.69) is 14.8 Å². The molecule has 1 saturated heterocycles. The fraction of sp³-hybridized carbons (Fsp3) is 0.280. The van der Waals surface area contributed by atoms with Gasteiger partial charge in [-0.25, -0.2) is 14.2 Å². The highest BCUT2D eigenvalue weighted by Crippen LogP contribution is 2.30. The zero-order valence-electron chi connectivity index (χ0n) is 19.0. The molecule has 2 aromatic carbocycles. The molecule has 1 aliphatic rings. The summed E-state index contributed by atoms with van der Waals surface area (Å²) in [5.74, 6) is 0.251. The minimum Gasteiger partial charge on any atom is -0.356 e. The van der Waals surface area contributed by atoms with E-state index in [-0.39, 0.29) is 17.3 Å². The number of nitrogens with zero attached hydrogens (tertiary/aromatic N) is 6. The van der Waals surface area contributed by atoms with Crippen LogP contribution in [0.3, 0.4) is 0 Å². The maximum atomic E-state index is 14.6. The second-order valence-corrected chi connectivity index (χ2v) is 8.64. The summed E-state index contributed by atoms with van der Waals surface area (Å²) in [5, 5.41) is 5.16. The second-order valence-electron chi connectivity index (χ2n) is 8.64. The number of nitrogens with two attached hydrogens (primary N) is 1. The van der Waals surface area contributed by atoms with Gasteiger partial charge in [0.25, 0.3) is 5.56 Å². The smallest absolute Gasteiger partial charge is 0.263 e. The van der Waals surface area contributed by atoms with Crippen LogP contribution in [0.15, 0.2) is 47.4 Å². The first-order chi connectivity index (χ1) is 16.4. The van der Waals surface area contributed by atoms with Crippen LogP contribution in [0.5, 0.6) is 0 Å². The molecule has 172 valence electrons. The van der Waals surface area contributed by atoms with Crippen LogP contribution >= 0.6 is 0 Å². The lowest BCUT2D eigenvalue weighted by molar-refractivity contribution is 0.497. The number of aromatic nitrogens is 4. The van der Waals surface area contributed by atoms with Crippen molar-refractivity contribution in [3.05, 3.63) is 75.7 Å². The average molecular weight is 458 g/mol. The van der Waals surface area contributed by atoms with Crippen molar-refractivity contribution in [3.8, 4) is 17.1 Å². The molecular weight excluding hydrogens is 433 g/mol. The molecule has 8 nitrogen and oxygen atoms in total. The van der Waals surface area contributed by atoms with E-state index in [0.717, 1.165) is 23.7 Å². The molecule has 9 heteroatoms. The lowest BCUT2D eigenvalue weighted by Crippen LogP contribution is -2.41. The molecule has 0 radical (unpaired) electrons. The number of piperidine rings is 1. The number of fused-ring (bicyclic) bond motifs is 1. The molecule has 0 unspecified atom stereocenters. The van der Waals surface area contributed by atoms with Crippen LogP contribution in [-0.4, -0.2) is 38.5 Å².